The lowest BCUT2D eigenvalue weighted by Crippen LogP contribution is -2.17. The molecule has 26 heavy (non-hydrogen) atoms. The van der Waals surface area contributed by atoms with Crippen molar-refractivity contribution in [1.29, 1.82) is 0 Å². The fourth-order valence-electron chi connectivity index (χ4n) is 2.17. The third-order valence-corrected chi connectivity index (χ3v) is 3.94. The summed E-state index contributed by atoms with van der Waals surface area (Å²) in [5, 5.41) is 4.03. The second-order valence-corrected chi connectivity index (χ2v) is 6.22. The number of carbonyl (C=O) groups is 1. The summed E-state index contributed by atoms with van der Waals surface area (Å²) in [6.07, 6.45) is 2.46. The smallest absolute Gasteiger partial charge is 0.271 e. The van der Waals surface area contributed by atoms with Gasteiger partial charge in [-0.25, -0.2) is 5.43 Å². The number of carbonyl (C=O) groups excluding carboxylic acids is 1. The number of ether oxygens (including phenoxy) is 3. The van der Waals surface area contributed by atoms with Crippen LogP contribution in [-0.2, 0) is 0 Å². The Morgan fingerprint density at radius 1 is 1.12 bits per heavy atom. The Bertz CT molecular complexity index is 793. The van der Waals surface area contributed by atoms with E-state index in [9.17, 15) is 4.79 Å². The first-order valence-corrected chi connectivity index (χ1v) is 8.86. The molecule has 0 bridgehead atoms. The van der Waals surface area contributed by atoms with E-state index < -0.39 is 0 Å². The topological polar surface area (TPSA) is 69.2 Å². The molecule has 0 spiro atoms. The first-order chi connectivity index (χ1) is 12.6. The second kappa shape index (κ2) is 9.82. The number of methoxy groups -OCH3 is 2. The Balaban J connectivity index is 2.10. The summed E-state index contributed by atoms with van der Waals surface area (Å²) in [5.74, 6) is 1.39. The Kier molecular flexibility index (Phi) is 7.47. The van der Waals surface area contributed by atoms with Crippen LogP contribution in [0.2, 0.25) is 0 Å². The molecule has 0 saturated carbocycles. The zero-order valence-corrected chi connectivity index (χ0v) is 16.5. The number of nitrogens with zero attached hydrogens (tertiary/aromatic N) is 1. The third-order valence-electron chi connectivity index (χ3n) is 3.45. The summed E-state index contributed by atoms with van der Waals surface area (Å²) >= 11 is 3.42. The summed E-state index contributed by atoms with van der Waals surface area (Å²) in [5.41, 5.74) is 3.68. The summed E-state index contributed by atoms with van der Waals surface area (Å²) in [6.45, 7) is 2.65. The van der Waals surface area contributed by atoms with Crippen molar-refractivity contribution in [3.63, 3.8) is 0 Å². The van der Waals surface area contributed by atoms with Crippen LogP contribution in [0, 0.1) is 0 Å². The van der Waals surface area contributed by atoms with Crippen LogP contribution in [0.25, 0.3) is 0 Å². The number of hydrogen-bond donors (Lipinski definition) is 1. The molecule has 0 atom stereocenters. The molecule has 0 aliphatic rings. The minimum absolute atomic E-state index is 0.353. The van der Waals surface area contributed by atoms with Crippen LogP contribution < -0.4 is 19.6 Å². The van der Waals surface area contributed by atoms with Crippen molar-refractivity contribution in [1.82, 2.24) is 5.43 Å². The van der Waals surface area contributed by atoms with Crippen LogP contribution >= 0.6 is 15.9 Å². The van der Waals surface area contributed by atoms with Gasteiger partial charge >= 0.3 is 0 Å². The van der Waals surface area contributed by atoms with Gasteiger partial charge in [0.1, 0.15) is 5.75 Å². The minimum Gasteiger partial charge on any atom is -0.493 e. The lowest BCUT2D eigenvalue weighted by Gasteiger charge is -2.09. The van der Waals surface area contributed by atoms with E-state index in [-0.39, 0.29) is 5.91 Å². The molecular formula is C19H21BrN2O4. The zero-order valence-electron chi connectivity index (χ0n) is 14.9. The SMILES string of the molecule is CCCOc1ccc(Br)cc1/C=N\NC(=O)c1ccc(OC)c(OC)c1. The monoisotopic (exact) mass is 420 g/mol. The first kappa shape index (κ1) is 19.8. The number of rotatable bonds is 8. The molecule has 0 aromatic heterocycles. The van der Waals surface area contributed by atoms with Crippen molar-refractivity contribution in [2.24, 2.45) is 5.10 Å². The predicted molar refractivity (Wildman–Crippen MR) is 105 cm³/mol. The van der Waals surface area contributed by atoms with Crippen LogP contribution in [0.4, 0.5) is 0 Å². The molecule has 1 N–H and O–H groups in total. The standard InChI is InChI=1S/C19H21BrN2O4/c1-4-9-26-16-8-6-15(20)10-14(16)12-21-22-19(23)13-5-7-17(24-2)18(11-13)25-3/h5-8,10-12H,4,9H2,1-3H3,(H,22,23)/b21-12-. The highest BCUT2D eigenvalue weighted by Crippen LogP contribution is 2.27. The number of benzene rings is 2. The number of hydrazone groups is 1. The van der Waals surface area contributed by atoms with E-state index in [4.69, 9.17) is 14.2 Å². The van der Waals surface area contributed by atoms with Crippen molar-refractivity contribution < 1.29 is 19.0 Å². The van der Waals surface area contributed by atoms with E-state index in [1.165, 1.54) is 14.2 Å². The van der Waals surface area contributed by atoms with Gasteiger partial charge in [-0.15, -0.1) is 0 Å². The van der Waals surface area contributed by atoms with Crippen LogP contribution in [0.3, 0.4) is 0 Å². The molecule has 2 rings (SSSR count). The van der Waals surface area contributed by atoms with E-state index in [0.717, 1.165) is 16.5 Å². The van der Waals surface area contributed by atoms with Gasteiger partial charge in [0, 0.05) is 15.6 Å². The van der Waals surface area contributed by atoms with Crippen molar-refractivity contribution in [3.8, 4) is 17.2 Å². The maximum atomic E-state index is 12.3. The lowest BCUT2D eigenvalue weighted by atomic mass is 10.2. The molecule has 0 fully saturated rings. The third kappa shape index (κ3) is 5.23. The van der Waals surface area contributed by atoms with E-state index >= 15 is 0 Å². The maximum absolute atomic E-state index is 12.3. The van der Waals surface area contributed by atoms with Gasteiger partial charge in [0.05, 0.1) is 27.0 Å². The van der Waals surface area contributed by atoms with E-state index in [1.54, 1.807) is 24.4 Å². The molecule has 0 radical (unpaired) electrons. The minimum atomic E-state index is -0.353. The van der Waals surface area contributed by atoms with Crippen molar-refractivity contribution in [2.45, 2.75) is 13.3 Å². The summed E-state index contributed by atoms with van der Waals surface area (Å²) in [7, 11) is 3.06. The Labute approximate surface area is 161 Å². The molecular weight excluding hydrogens is 400 g/mol. The van der Waals surface area contributed by atoms with Crippen molar-refractivity contribution >= 4 is 28.1 Å². The normalized spacial score (nSPS) is 10.6. The number of amides is 1. The maximum Gasteiger partial charge on any atom is 0.271 e. The molecule has 0 aliphatic heterocycles. The molecule has 2 aromatic rings. The van der Waals surface area contributed by atoms with E-state index in [2.05, 4.69) is 26.5 Å². The highest BCUT2D eigenvalue weighted by atomic mass is 79.9. The number of nitrogens with one attached hydrogen (secondary N) is 1. The largest absolute Gasteiger partial charge is 0.493 e. The average Bonchev–Trinajstić information content (AvgIpc) is 2.66. The Hall–Kier alpha value is -2.54. The molecule has 0 unspecified atom stereocenters. The van der Waals surface area contributed by atoms with Crippen molar-refractivity contribution in [2.75, 3.05) is 20.8 Å². The Morgan fingerprint density at radius 2 is 1.85 bits per heavy atom. The highest BCUT2D eigenvalue weighted by Gasteiger charge is 2.10. The zero-order chi connectivity index (χ0) is 18.9. The van der Waals surface area contributed by atoms with E-state index in [1.807, 2.05) is 25.1 Å². The highest BCUT2D eigenvalue weighted by molar-refractivity contribution is 9.10. The van der Waals surface area contributed by atoms with Gasteiger partial charge in [0.15, 0.2) is 11.5 Å². The summed E-state index contributed by atoms with van der Waals surface area (Å²) in [4.78, 5) is 12.3. The summed E-state index contributed by atoms with van der Waals surface area (Å²) in [6, 6.07) is 10.5. The van der Waals surface area contributed by atoms with Gasteiger partial charge < -0.3 is 14.2 Å². The summed E-state index contributed by atoms with van der Waals surface area (Å²) < 4.78 is 16.9. The first-order valence-electron chi connectivity index (χ1n) is 8.06. The quantitative estimate of drug-likeness (QED) is 0.517. The van der Waals surface area contributed by atoms with Crippen molar-refractivity contribution in [3.05, 3.63) is 52.0 Å². The molecule has 0 saturated heterocycles. The predicted octanol–water partition coefficient (Wildman–Crippen LogP) is 4.02. The van der Waals surface area contributed by atoms with E-state index in [0.29, 0.717) is 29.4 Å². The van der Waals surface area contributed by atoms with Crippen LogP contribution in [-0.4, -0.2) is 32.9 Å². The van der Waals surface area contributed by atoms with Gasteiger partial charge in [-0.1, -0.05) is 22.9 Å². The van der Waals surface area contributed by atoms with Gasteiger partial charge in [0.25, 0.3) is 5.91 Å². The van der Waals surface area contributed by atoms with Crippen LogP contribution in [0.5, 0.6) is 17.2 Å². The number of hydrogen-bond acceptors (Lipinski definition) is 5. The molecule has 7 heteroatoms. The molecule has 2 aromatic carbocycles. The molecule has 0 heterocycles. The van der Waals surface area contributed by atoms with Gasteiger partial charge in [-0.05, 0) is 42.8 Å². The fourth-order valence-corrected chi connectivity index (χ4v) is 2.54. The average molecular weight is 421 g/mol. The second-order valence-electron chi connectivity index (χ2n) is 5.30. The molecule has 6 nitrogen and oxygen atoms in total. The molecule has 1 amide bonds. The lowest BCUT2D eigenvalue weighted by molar-refractivity contribution is 0.0954. The van der Waals surface area contributed by atoms with Crippen LogP contribution in [0.15, 0.2) is 46.0 Å². The molecule has 138 valence electrons. The van der Waals surface area contributed by atoms with Gasteiger partial charge in [-0.2, -0.15) is 5.10 Å². The van der Waals surface area contributed by atoms with Gasteiger partial charge in [-0.3, -0.25) is 4.79 Å². The fraction of sp³-hybridized carbons (Fsp3) is 0.263. The molecule has 0 aliphatic carbocycles. The van der Waals surface area contributed by atoms with Gasteiger partial charge in [0.2, 0.25) is 0 Å². The Morgan fingerprint density at radius 3 is 2.54 bits per heavy atom. The number of halogens is 1. The van der Waals surface area contributed by atoms with Crippen LogP contribution in [0.1, 0.15) is 29.3 Å².